The van der Waals surface area contributed by atoms with E-state index in [1.54, 1.807) is 18.2 Å². The number of halogens is 1. The SMILES string of the molecule is C=CCn1c(SCc2ccc([N+](=O)[O-])cc2)nnc1-c1cccc(Cl)c1. The van der Waals surface area contributed by atoms with Crippen molar-refractivity contribution in [3.8, 4) is 11.4 Å². The van der Waals surface area contributed by atoms with E-state index in [9.17, 15) is 10.1 Å². The van der Waals surface area contributed by atoms with Crippen molar-refractivity contribution in [1.29, 1.82) is 0 Å². The van der Waals surface area contributed by atoms with Crippen LogP contribution in [0.2, 0.25) is 5.02 Å². The minimum atomic E-state index is -0.408. The Labute approximate surface area is 159 Å². The highest BCUT2D eigenvalue weighted by molar-refractivity contribution is 7.98. The number of aromatic nitrogens is 3. The molecule has 2 aromatic carbocycles. The van der Waals surface area contributed by atoms with Crippen molar-refractivity contribution >= 4 is 29.1 Å². The Morgan fingerprint density at radius 1 is 1.23 bits per heavy atom. The number of nitrogens with zero attached hydrogens (tertiary/aromatic N) is 4. The van der Waals surface area contributed by atoms with Gasteiger partial charge in [0.25, 0.3) is 5.69 Å². The maximum absolute atomic E-state index is 10.7. The zero-order valence-electron chi connectivity index (χ0n) is 13.7. The molecule has 0 aliphatic heterocycles. The van der Waals surface area contributed by atoms with Gasteiger partial charge in [-0.05, 0) is 17.7 Å². The fourth-order valence-corrected chi connectivity index (χ4v) is 3.49. The predicted molar refractivity (Wildman–Crippen MR) is 103 cm³/mol. The average molecular weight is 387 g/mol. The quantitative estimate of drug-likeness (QED) is 0.247. The van der Waals surface area contributed by atoms with Crippen molar-refractivity contribution < 1.29 is 4.92 Å². The van der Waals surface area contributed by atoms with Crippen molar-refractivity contribution in [3.05, 3.63) is 81.9 Å². The van der Waals surface area contributed by atoms with Gasteiger partial charge < -0.3 is 0 Å². The molecule has 0 bridgehead atoms. The third kappa shape index (κ3) is 4.12. The Balaban J connectivity index is 1.81. The number of non-ortho nitro benzene ring substituents is 1. The van der Waals surface area contributed by atoms with Crippen LogP contribution in [0, 0.1) is 10.1 Å². The van der Waals surface area contributed by atoms with Crippen molar-refractivity contribution in [2.45, 2.75) is 17.5 Å². The molecular formula is C18H15ClN4O2S. The molecule has 0 spiro atoms. The summed E-state index contributed by atoms with van der Waals surface area (Å²) in [6, 6.07) is 14.0. The third-order valence-corrected chi connectivity index (χ3v) is 4.90. The lowest BCUT2D eigenvalue weighted by Gasteiger charge is -2.08. The van der Waals surface area contributed by atoms with E-state index in [-0.39, 0.29) is 5.69 Å². The number of hydrogen-bond acceptors (Lipinski definition) is 5. The summed E-state index contributed by atoms with van der Waals surface area (Å²) in [6.07, 6.45) is 1.79. The minimum Gasteiger partial charge on any atom is -0.298 e. The van der Waals surface area contributed by atoms with Crippen molar-refractivity contribution in [2.24, 2.45) is 0 Å². The van der Waals surface area contributed by atoms with Crippen LogP contribution in [0.15, 0.2) is 66.3 Å². The van der Waals surface area contributed by atoms with Gasteiger partial charge >= 0.3 is 0 Å². The van der Waals surface area contributed by atoms with E-state index in [0.29, 0.717) is 17.3 Å². The van der Waals surface area contributed by atoms with E-state index in [0.717, 1.165) is 22.1 Å². The molecule has 26 heavy (non-hydrogen) atoms. The van der Waals surface area contributed by atoms with Crippen LogP contribution >= 0.6 is 23.4 Å². The highest BCUT2D eigenvalue weighted by Gasteiger charge is 2.14. The number of rotatable bonds is 7. The average Bonchev–Trinajstić information content (AvgIpc) is 3.03. The second-order valence-electron chi connectivity index (χ2n) is 5.43. The Kier molecular flexibility index (Phi) is 5.70. The molecule has 0 N–H and O–H groups in total. The molecule has 0 saturated carbocycles. The summed E-state index contributed by atoms with van der Waals surface area (Å²) in [4.78, 5) is 10.3. The van der Waals surface area contributed by atoms with Gasteiger partial charge in [0, 0.05) is 35.0 Å². The summed E-state index contributed by atoms with van der Waals surface area (Å²) in [7, 11) is 0. The smallest absolute Gasteiger partial charge is 0.269 e. The number of nitro benzene ring substituents is 1. The maximum Gasteiger partial charge on any atom is 0.269 e. The van der Waals surface area contributed by atoms with E-state index in [1.165, 1.54) is 23.9 Å². The Hall–Kier alpha value is -2.64. The number of hydrogen-bond donors (Lipinski definition) is 0. The summed E-state index contributed by atoms with van der Waals surface area (Å²) < 4.78 is 1.97. The van der Waals surface area contributed by atoms with Crippen molar-refractivity contribution in [2.75, 3.05) is 0 Å². The second-order valence-corrected chi connectivity index (χ2v) is 6.81. The van der Waals surface area contributed by atoms with Crippen LogP contribution in [-0.4, -0.2) is 19.7 Å². The molecule has 0 aliphatic rings. The van der Waals surface area contributed by atoms with Gasteiger partial charge in [0.2, 0.25) is 0 Å². The summed E-state index contributed by atoms with van der Waals surface area (Å²) in [5, 5.41) is 20.7. The number of benzene rings is 2. The fraction of sp³-hybridized carbons (Fsp3) is 0.111. The molecule has 0 radical (unpaired) electrons. The van der Waals surface area contributed by atoms with Gasteiger partial charge in [-0.3, -0.25) is 14.7 Å². The standard InChI is InChI=1S/C18H15ClN4O2S/c1-2-10-22-17(14-4-3-5-15(19)11-14)20-21-18(22)26-12-13-6-8-16(9-7-13)23(24)25/h2-9,11H,1,10,12H2. The first-order valence-corrected chi connectivity index (χ1v) is 9.11. The Bertz CT molecular complexity index is 941. The van der Waals surface area contributed by atoms with E-state index in [2.05, 4.69) is 16.8 Å². The van der Waals surface area contributed by atoms with Crippen molar-refractivity contribution in [3.63, 3.8) is 0 Å². The van der Waals surface area contributed by atoms with Crippen LogP contribution in [0.4, 0.5) is 5.69 Å². The first-order chi connectivity index (χ1) is 12.6. The van der Waals surface area contributed by atoms with Gasteiger partial charge in [0.05, 0.1) is 4.92 Å². The van der Waals surface area contributed by atoms with E-state index < -0.39 is 4.92 Å². The maximum atomic E-state index is 10.7. The van der Waals surface area contributed by atoms with Gasteiger partial charge in [-0.15, -0.1) is 16.8 Å². The van der Waals surface area contributed by atoms with Gasteiger partial charge in [-0.2, -0.15) is 0 Å². The largest absolute Gasteiger partial charge is 0.298 e. The number of nitro groups is 1. The molecule has 0 saturated heterocycles. The monoisotopic (exact) mass is 386 g/mol. The molecule has 1 aromatic heterocycles. The van der Waals surface area contributed by atoms with E-state index >= 15 is 0 Å². The third-order valence-electron chi connectivity index (χ3n) is 3.63. The lowest BCUT2D eigenvalue weighted by atomic mass is 10.2. The van der Waals surface area contributed by atoms with Crippen molar-refractivity contribution in [1.82, 2.24) is 14.8 Å². The Morgan fingerprint density at radius 3 is 2.65 bits per heavy atom. The topological polar surface area (TPSA) is 73.8 Å². The molecule has 0 fully saturated rings. The van der Waals surface area contributed by atoms with E-state index in [4.69, 9.17) is 11.6 Å². The molecule has 0 atom stereocenters. The van der Waals surface area contributed by atoms with Gasteiger partial charge in [-0.1, -0.05) is 53.7 Å². The van der Waals surface area contributed by atoms with Gasteiger partial charge in [0.1, 0.15) is 0 Å². The molecule has 1 heterocycles. The van der Waals surface area contributed by atoms with Crippen LogP contribution < -0.4 is 0 Å². The zero-order valence-corrected chi connectivity index (χ0v) is 15.3. The lowest BCUT2D eigenvalue weighted by Crippen LogP contribution is -2.00. The van der Waals surface area contributed by atoms with Crippen LogP contribution in [0.25, 0.3) is 11.4 Å². The minimum absolute atomic E-state index is 0.0804. The van der Waals surface area contributed by atoms with Gasteiger partial charge in [0.15, 0.2) is 11.0 Å². The lowest BCUT2D eigenvalue weighted by molar-refractivity contribution is -0.384. The Morgan fingerprint density at radius 2 is 2.00 bits per heavy atom. The second kappa shape index (κ2) is 8.16. The summed E-state index contributed by atoms with van der Waals surface area (Å²) >= 11 is 7.59. The highest BCUT2D eigenvalue weighted by Crippen LogP contribution is 2.28. The normalized spacial score (nSPS) is 10.7. The van der Waals surface area contributed by atoms with E-state index in [1.807, 2.05) is 28.8 Å². The van der Waals surface area contributed by atoms with Crippen LogP contribution in [0.5, 0.6) is 0 Å². The molecular weight excluding hydrogens is 372 g/mol. The molecule has 132 valence electrons. The number of thioether (sulfide) groups is 1. The first-order valence-electron chi connectivity index (χ1n) is 7.74. The van der Waals surface area contributed by atoms with Crippen LogP contribution in [0.3, 0.4) is 0 Å². The molecule has 0 unspecified atom stereocenters. The highest BCUT2D eigenvalue weighted by atomic mass is 35.5. The summed E-state index contributed by atoms with van der Waals surface area (Å²) in [5.41, 5.74) is 1.93. The van der Waals surface area contributed by atoms with Crippen LogP contribution in [-0.2, 0) is 12.3 Å². The summed E-state index contributed by atoms with van der Waals surface area (Å²) in [6.45, 7) is 4.36. The molecule has 8 heteroatoms. The molecule has 6 nitrogen and oxygen atoms in total. The van der Waals surface area contributed by atoms with Gasteiger partial charge in [-0.25, -0.2) is 0 Å². The first kappa shape index (κ1) is 18.2. The molecule has 3 rings (SSSR count). The zero-order chi connectivity index (χ0) is 18.5. The van der Waals surface area contributed by atoms with Crippen LogP contribution in [0.1, 0.15) is 5.56 Å². The summed E-state index contributed by atoms with van der Waals surface area (Å²) in [5.74, 6) is 1.35. The number of allylic oxidation sites excluding steroid dienone is 1. The molecule has 0 aliphatic carbocycles. The fourth-order valence-electron chi connectivity index (χ4n) is 2.39. The molecule has 0 amide bonds. The predicted octanol–water partition coefficient (Wildman–Crippen LogP) is 4.99. The molecule has 3 aromatic rings.